The lowest BCUT2D eigenvalue weighted by Gasteiger charge is -2.16. The maximum absolute atomic E-state index is 4.68. The van der Waals surface area contributed by atoms with Gasteiger partial charge in [-0.25, -0.2) is 15.0 Å². The van der Waals surface area contributed by atoms with Crippen molar-refractivity contribution in [1.29, 1.82) is 0 Å². The fraction of sp³-hybridized carbons (Fsp3) is 0. The summed E-state index contributed by atoms with van der Waals surface area (Å²) < 4.78 is 4.79. The van der Waals surface area contributed by atoms with Gasteiger partial charge in [-0.3, -0.25) is 0 Å². The number of hydrogen-bond donors (Lipinski definition) is 1. The molecule has 3 aromatic heterocycles. The van der Waals surface area contributed by atoms with Crippen LogP contribution in [0.3, 0.4) is 0 Å². The van der Waals surface area contributed by atoms with Crippen LogP contribution < -0.4 is 0 Å². The summed E-state index contributed by atoms with van der Waals surface area (Å²) in [5.41, 5.74) is 0. The third kappa shape index (κ3) is 1.53. The van der Waals surface area contributed by atoms with Gasteiger partial charge in [0.15, 0.2) is 19.0 Å². The van der Waals surface area contributed by atoms with Gasteiger partial charge in [0.2, 0.25) is 0 Å². The molecule has 3 aromatic rings. The third-order valence-electron chi connectivity index (χ3n) is 2.04. The van der Waals surface area contributed by atoms with Crippen LogP contribution in [-0.2, 0) is 0 Å². The van der Waals surface area contributed by atoms with Gasteiger partial charge >= 0.3 is 6.92 Å². The second-order valence-electron chi connectivity index (χ2n) is 2.98. The van der Waals surface area contributed by atoms with Crippen molar-refractivity contribution in [3.05, 3.63) is 38.0 Å². The average Bonchev–Trinajstić information content (AvgIpc) is 3.10. The second-order valence-corrected chi connectivity index (χ2v) is 6.90. The molecule has 0 saturated heterocycles. The van der Waals surface area contributed by atoms with Gasteiger partial charge in [-0.15, -0.1) is 15.3 Å². The molecule has 9 nitrogen and oxygen atoms in total. The predicted octanol–water partition coefficient (Wildman–Crippen LogP) is 0.0132. The van der Waals surface area contributed by atoms with Crippen molar-refractivity contribution in [2.75, 3.05) is 0 Å². The van der Waals surface area contributed by atoms with E-state index in [4.69, 9.17) is 0 Å². The largest absolute Gasteiger partial charge is 0.424 e. The minimum atomic E-state index is -2.46. The molecule has 86 valence electrons. The Bertz CT molecular complexity index is 489. The van der Waals surface area contributed by atoms with Gasteiger partial charge < -0.3 is 0 Å². The Morgan fingerprint density at radius 2 is 1.06 bits per heavy atom. The van der Waals surface area contributed by atoms with Crippen molar-refractivity contribution >= 4 is 19.2 Å². The molecular formula is C6H7N9PS+. The molecule has 3 rings (SSSR count). The molecule has 3 heterocycles. The summed E-state index contributed by atoms with van der Waals surface area (Å²) in [6.45, 7) is -2.46. The highest BCUT2D eigenvalue weighted by atomic mass is 32.7. The van der Waals surface area contributed by atoms with Crippen LogP contribution in [0.1, 0.15) is 0 Å². The summed E-state index contributed by atoms with van der Waals surface area (Å²) in [6.07, 6.45) is 8.97. The van der Waals surface area contributed by atoms with Crippen LogP contribution >= 0.6 is 19.2 Å². The van der Waals surface area contributed by atoms with Gasteiger partial charge in [-0.2, -0.15) is 0 Å². The lowest BCUT2D eigenvalue weighted by atomic mass is 11.3. The lowest BCUT2D eigenvalue weighted by Crippen LogP contribution is -2.17. The van der Waals surface area contributed by atoms with E-state index in [0.29, 0.717) is 0 Å². The van der Waals surface area contributed by atoms with Gasteiger partial charge in [0, 0.05) is 0 Å². The molecule has 0 radical (unpaired) electrons. The fourth-order valence-electron chi connectivity index (χ4n) is 1.30. The number of aromatic nitrogens is 9. The van der Waals surface area contributed by atoms with Crippen molar-refractivity contribution < 1.29 is 0 Å². The smallest absolute Gasteiger partial charge is 0.219 e. The molecule has 0 bridgehead atoms. The molecule has 0 aliphatic rings. The summed E-state index contributed by atoms with van der Waals surface area (Å²) in [5.74, 6) is 0. The fourth-order valence-corrected chi connectivity index (χ4v) is 3.85. The van der Waals surface area contributed by atoms with Crippen molar-refractivity contribution in [1.82, 2.24) is 43.6 Å². The van der Waals surface area contributed by atoms with E-state index < -0.39 is 6.92 Å². The van der Waals surface area contributed by atoms with Gasteiger partial charge in [-0.05, 0) is 0 Å². The van der Waals surface area contributed by atoms with E-state index in [2.05, 4.69) is 42.5 Å². The third-order valence-corrected chi connectivity index (χ3v) is 5.96. The molecule has 0 N–H and O–H groups in total. The van der Waals surface area contributed by atoms with Crippen LogP contribution in [0, 0.1) is 0 Å². The Balaban J connectivity index is 2.21. The molecule has 0 unspecified atom stereocenters. The van der Waals surface area contributed by atoms with Crippen LogP contribution in [-0.4, -0.2) is 43.6 Å². The van der Waals surface area contributed by atoms with E-state index in [1.54, 1.807) is 32.3 Å². The highest BCUT2D eigenvalue weighted by Crippen LogP contribution is 2.63. The van der Waals surface area contributed by atoms with Gasteiger partial charge in [0.05, 0.1) is 12.2 Å². The molecule has 11 heteroatoms. The topological polar surface area (TPSA) is 92.1 Å². The predicted molar refractivity (Wildman–Crippen MR) is 62.2 cm³/mol. The Morgan fingerprint density at radius 3 is 1.29 bits per heavy atom. The quantitative estimate of drug-likeness (QED) is 0.531. The van der Waals surface area contributed by atoms with Crippen molar-refractivity contribution in [2.24, 2.45) is 0 Å². The first-order chi connectivity index (χ1) is 8.32. The molecule has 0 fully saturated rings. The van der Waals surface area contributed by atoms with E-state index in [9.17, 15) is 0 Å². The first-order valence-corrected chi connectivity index (χ1v) is 7.30. The Labute approximate surface area is 101 Å². The molecule has 0 aliphatic carbocycles. The van der Waals surface area contributed by atoms with Crippen molar-refractivity contribution in [2.45, 2.75) is 0 Å². The number of rotatable bonds is 3. The molecule has 17 heavy (non-hydrogen) atoms. The van der Waals surface area contributed by atoms with Gasteiger partial charge in [-0.1, -0.05) is 13.4 Å². The Hall–Kier alpha value is -1.80. The minimum Gasteiger partial charge on any atom is -0.219 e. The Kier molecular flexibility index (Phi) is 2.37. The van der Waals surface area contributed by atoms with Crippen LogP contribution in [0.25, 0.3) is 0 Å². The van der Waals surface area contributed by atoms with Gasteiger partial charge in [0.25, 0.3) is 0 Å². The molecule has 0 spiro atoms. The maximum atomic E-state index is 4.68. The van der Waals surface area contributed by atoms with E-state index in [1.165, 1.54) is 19.0 Å². The number of hydrogen-bond acceptors (Lipinski definition) is 7. The zero-order valence-corrected chi connectivity index (χ0v) is 10.2. The normalized spacial score (nSPS) is 11.8. The SMILES string of the molecule is S[P+](n1cncn1)(n1cncn1)n1cncn1. The molecule has 0 saturated carbocycles. The monoisotopic (exact) mass is 268 g/mol. The first kappa shape index (κ1) is 10.4. The first-order valence-electron chi connectivity index (χ1n) is 4.50. The maximum Gasteiger partial charge on any atom is 0.424 e. The minimum absolute atomic E-state index is 1.43. The van der Waals surface area contributed by atoms with Crippen molar-refractivity contribution in [3.63, 3.8) is 0 Å². The van der Waals surface area contributed by atoms with E-state index in [0.717, 1.165) is 0 Å². The summed E-state index contributed by atoms with van der Waals surface area (Å²) >= 11 is 4.68. The Morgan fingerprint density at radius 1 is 0.706 bits per heavy atom. The second kappa shape index (κ2) is 3.90. The average molecular weight is 268 g/mol. The summed E-state index contributed by atoms with van der Waals surface area (Å²) in [5, 5.41) is 12.3. The van der Waals surface area contributed by atoms with E-state index in [1.807, 2.05) is 0 Å². The molecular weight excluding hydrogens is 261 g/mol. The molecule has 0 atom stereocenters. The summed E-state index contributed by atoms with van der Waals surface area (Å²) in [4.78, 5) is 11.7. The van der Waals surface area contributed by atoms with Crippen LogP contribution in [0.2, 0.25) is 0 Å². The van der Waals surface area contributed by atoms with E-state index >= 15 is 0 Å². The number of nitrogens with zero attached hydrogens (tertiary/aromatic N) is 9. The van der Waals surface area contributed by atoms with E-state index in [-0.39, 0.29) is 0 Å². The van der Waals surface area contributed by atoms with Crippen molar-refractivity contribution in [3.8, 4) is 0 Å². The van der Waals surface area contributed by atoms with Crippen LogP contribution in [0.4, 0.5) is 0 Å². The zero-order chi connectivity index (χ0) is 11.7. The standard InChI is InChI=1S/C6H7N9PS/c17-16(13-4-7-1-10-13,14-5-8-2-11-14)15-6-9-3-12-15/h1-6,17H/q+1. The highest BCUT2D eigenvalue weighted by molar-refractivity contribution is 8.51. The lowest BCUT2D eigenvalue weighted by molar-refractivity contribution is 0.828. The summed E-state index contributed by atoms with van der Waals surface area (Å²) in [7, 11) is 0. The summed E-state index contributed by atoms with van der Waals surface area (Å²) in [6, 6.07) is 0. The molecule has 0 aromatic carbocycles. The zero-order valence-electron chi connectivity index (χ0n) is 8.38. The highest BCUT2D eigenvalue weighted by Gasteiger charge is 2.46. The molecule has 0 amide bonds. The van der Waals surface area contributed by atoms with Crippen LogP contribution in [0.5, 0.6) is 0 Å². The molecule has 0 aliphatic heterocycles. The van der Waals surface area contributed by atoms with Crippen LogP contribution in [0.15, 0.2) is 38.0 Å². The number of thiol groups is 1. The van der Waals surface area contributed by atoms with Gasteiger partial charge in [0.1, 0.15) is 19.0 Å².